The van der Waals surface area contributed by atoms with Crippen molar-refractivity contribution in [1.82, 2.24) is 0 Å². The van der Waals surface area contributed by atoms with Crippen molar-refractivity contribution in [2.45, 2.75) is 31.0 Å². The molecule has 1 aromatic carbocycles. The number of nitrogens with two attached hydrogens (primary N) is 1. The predicted octanol–water partition coefficient (Wildman–Crippen LogP) is 2.61. The number of halogens is 3. The molecule has 0 fully saturated rings. The van der Waals surface area contributed by atoms with Gasteiger partial charge in [0.2, 0.25) is 0 Å². The Bertz CT molecular complexity index is 536. The van der Waals surface area contributed by atoms with Crippen LogP contribution in [-0.4, -0.2) is 13.7 Å². The average Bonchev–Trinajstić information content (AvgIpc) is 2.14. The molecule has 2 N–H and O–H groups in total. The summed E-state index contributed by atoms with van der Waals surface area (Å²) in [6, 6.07) is 3.00. The van der Waals surface area contributed by atoms with Gasteiger partial charge in [-0.1, -0.05) is 6.07 Å². The van der Waals surface area contributed by atoms with Gasteiger partial charge in [-0.2, -0.15) is 13.2 Å². The van der Waals surface area contributed by atoms with Gasteiger partial charge < -0.3 is 5.73 Å². The van der Waals surface area contributed by atoms with Crippen LogP contribution in [0.2, 0.25) is 0 Å². The second-order valence-electron chi connectivity index (χ2n) is 4.28. The van der Waals surface area contributed by atoms with Gasteiger partial charge in [0.05, 0.1) is 16.6 Å². The Morgan fingerprint density at radius 3 is 2.22 bits per heavy atom. The van der Waals surface area contributed by atoms with Crippen LogP contribution in [0, 0.1) is 0 Å². The maximum Gasteiger partial charge on any atom is 0.418 e. The van der Waals surface area contributed by atoms with Gasteiger partial charge in [-0.3, -0.25) is 0 Å². The van der Waals surface area contributed by atoms with E-state index in [1.165, 1.54) is 13.8 Å². The van der Waals surface area contributed by atoms with E-state index in [0.29, 0.717) is 0 Å². The summed E-state index contributed by atoms with van der Waals surface area (Å²) < 4.78 is 60.6. The van der Waals surface area contributed by atoms with Gasteiger partial charge in [-0.25, -0.2) is 8.42 Å². The highest BCUT2D eigenvalue weighted by molar-refractivity contribution is 7.91. The summed E-state index contributed by atoms with van der Waals surface area (Å²) in [7, 11) is -3.35. The molecule has 0 saturated carbocycles. The van der Waals surface area contributed by atoms with Gasteiger partial charge >= 0.3 is 6.18 Å². The molecule has 0 bridgehead atoms. The first-order valence-electron chi connectivity index (χ1n) is 5.21. The topological polar surface area (TPSA) is 60.2 Å². The zero-order valence-corrected chi connectivity index (χ0v) is 10.8. The van der Waals surface area contributed by atoms with Crippen LogP contribution in [0.1, 0.15) is 25.0 Å². The number of hydrogen-bond acceptors (Lipinski definition) is 3. The lowest BCUT2D eigenvalue weighted by atomic mass is 10.1. The number of sulfone groups is 1. The maximum absolute atomic E-state index is 12.4. The molecule has 0 atom stereocenters. The Labute approximate surface area is 104 Å². The lowest BCUT2D eigenvalue weighted by Crippen LogP contribution is -2.16. The van der Waals surface area contributed by atoms with Gasteiger partial charge in [0.25, 0.3) is 0 Å². The molecule has 0 spiro atoms. The minimum absolute atomic E-state index is 0.259. The third-order valence-electron chi connectivity index (χ3n) is 2.51. The van der Waals surface area contributed by atoms with Crippen molar-refractivity contribution in [2.75, 3.05) is 5.73 Å². The van der Waals surface area contributed by atoms with Crippen molar-refractivity contribution in [3.8, 4) is 0 Å². The Morgan fingerprint density at radius 1 is 1.28 bits per heavy atom. The van der Waals surface area contributed by atoms with Crippen LogP contribution < -0.4 is 5.73 Å². The van der Waals surface area contributed by atoms with E-state index in [2.05, 4.69) is 0 Å². The number of nitrogen functional groups attached to an aromatic ring is 1. The Kier molecular flexibility index (Phi) is 3.95. The van der Waals surface area contributed by atoms with Crippen molar-refractivity contribution >= 4 is 15.5 Å². The summed E-state index contributed by atoms with van der Waals surface area (Å²) in [5.41, 5.74) is 4.14. The van der Waals surface area contributed by atoms with Crippen molar-refractivity contribution in [1.29, 1.82) is 0 Å². The maximum atomic E-state index is 12.4. The summed E-state index contributed by atoms with van der Waals surface area (Å²) >= 11 is 0. The molecule has 0 aliphatic rings. The minimum Gasteiger partial charge on any atom is -0.398 e. The first kappa shape index (κ1) is 14.8. The van der Waals surface area contributed by atoms with E-state index in [0.717, 1.165) is 18.2 Å². The number of alkyl halides is 3. The summed E-state index contributed by atoms with van der Waals surface area (Å²) in [5, 5.41) is -0.582. The number of hydrogen-bond donors (Lipinski definition) is 1. The first-order chi connectivity index (χ1) is 8.04. The summed E-state index contributed by atoms with van der Waals surface area (Å²) in [6.07, 6.45) is -4.53. The minimum atomic E-state index is -4.53. The largest absolute Gasteiger partial charge is 0.418 e. The fraction of sp³-hybridized carbons (Fsp3) is 0.455. The van der Waals surface area contributed by atoms with Crippen molar-refractivity contribution in [3.63, 3.8) is 0 Å². The molecule has 0 unspecified atom stereocenters. The average molecular weight is 281 g/mol. The van der Waals surface area contributed by atoms with Gasteiger partial charge in [0.15, 0.2) is 9.84 Å². The molecule has 102 valence electrons. The fourth-order valence-electron chi connectivity index (χ4n) is 1.36. The molecule has 0 aliphatic heterocycles. The van der Waals surface area contributed by atoms with Gasteiger partial charge in [0.1, 0.15) is 0 Å². The highest BCUT2D eigenvalue weighted by Gasteiger charge is 2.33. The Morgan fingerprint density at radius 2 is 1.83 bits per heavy atom. The molecule has 7 heteroatoms. The zero-order valence-electron chi connectivity index (χ0n) is 9.95. The molecule has 0 radical (unpaired) electrons. The molecule has 1 aromatic rings. The number of anilines is 1. The second-order valence-corrected chi connectivity index (χ2v) is 6.83. The van der Waals surface area contributed by atoms with E-state index < -0.39 is 32.5 Å². The predicted molar refractivity (Wildman–Crippen MR) is 63.6 cm³/mol. The van der Waals surface area contributed by atoms with Gasteiger partial charge in [-0.05, 0) is 31.5 Å². The molecule has 0 saturated heterocycles. The van der Waals surface area contributed by atoms with Crippen LogP contribution in [-0.2, 0) is 21.8 Å². The van der Waals surface area contributed by atoms with E-state index in [9.17, 15) is 21.6 Å². The van der Waals surface area contributed by atoms with E-state index in [-0.39, 0.29) is 11.3 Å². The highest BCUT2D eigenvalue weighted by Crippen LogP contribution is 2.34. The zero-order chi connectivity index (χ0) is 14.1. The number of rotatable bonds is 3. The highest BCUT2D eigenvalue weighted by atomic mass is 32.2. The van der Waals surface area contributed by atoms with Crippen LogP contribution in [0.3, 0.4) is 0 Å². The monoisotopic (exact) mass is 281 g/mol. The molecule has 3 nitrogen and oxygen atoms in total. The summed E-state index contributed by atoms with van der Waals surface area (Å²) in [6.45, 7) is 3.03. The molecular formula is C11H14F3NO2S. The lowest BCUT2D eigenvalue weighted by Gasteiger charge is -2.12. The summed E-state index contributed by atoms with van der Waals surface area (Å²) in [5.74, 6) is -0.312. The van der Waals surface area contributed by atoms with Crippen LogP contribution in [0.4, 0.5) is 18.9 Å². The normalized spacial score (nSPS) is 13.0. The molecule has 1 rings (SSSR count). The Hall–Kier alpha value is -1.24. The fourth-order valence-corrected chi connectivity index (χ4v) is 2.34. The van der Waals surface area contributed by atoms with Crippen LogP contribution in [0.25, 0.3) is 0 Å². The number of benzene rings is 1. The standard InChI is InChI=1S/C11H14F3NO2S/c1-7(2)18(16,17)6-8-3-4-9(10(15)5-8)11(12,13)14/h3-5,7H,6,15H2,1-2H3. The quantitative estimate of drug-likeness (QED) is 0.866. The van der Waals surface area contributed by atoms with Gasteiger partial charge in [-0.15, -0.1) is 0 Å². The van der Waals surface area contributed by atoms with Crippen LogP contribution in [0.15, 0.2) is 18.2 Å². The third-order valence-corrected chi connectivity index (χ3v) is 4.68. The molecule has 18 heavy (non-hydrogen) atoms. The van der Waals surface area contributed by atoms with Crippen molar-refractivity contribution < 1.29 is 21.6 Å². The third kappa shape index (κ3) is 3.38. The SMILES string of the molecule is CC(C)S(=O)(=O)Cc1ccc(C(F)(F)F)c(N)c1. The molecule has 0 aromatic heterocycles. The summed E-state index contributed by atoms with van der Waals surface area (Å²) in [4.78, 5) is 0. The van der Waals surface area contributed by atoms with E-state index >= 15 is 0 Å². The molecular weight excluding hydrogens is 267 g/mol. The van der Waals surface area contributed by atoms with Gasteiger partial charge in [0, 0.05) is 5.69 Å². The molecule has 0 amide bonds. The second kappa shape index (κ2) is 4.79. The van der Waals surface area contributed by atoms with E-state index in [4.69, 9.17) is 5.73 Å². The lowest BCUT2D eigenvalue weighted by molar-refractivity contribution is -0.136. The smallest absolute Gasteiger partial charge is 0.398 e. The Balaban J connectivity index is 3.07. The first-order valence-corrected chi connectivity index (χ1v) is 6.93. The van der Waals surface area contributed by atoms with Crippen LogP contribution >= 0.6 is 0 Å². The van der Waals surface area contributed by atoms with E-state index in [1.807, 2.05) is 0 Å². The van der Waals surface area contributed by atoms with E-state index in [1.54, 1.807) is 0 Å². The van der Waals surface area contributed by atoms with Crippen molar-refractivity contribution in [2.24, 2.45) is 0 Å². The molecule has 0 aliphatic carbocycles. The van der Waals surface area contributed by atoms with Crippen LogP contribution in [0.5, 0.6) is 0 Å². The molecule has 0 heterocycles. The van der Waals surface area contributed by atoms with Crippen molar-refractivity contribution in [3.05, 3.63) is 29.3 Å².